The second-order valence-corrected chi connectivity index (χ2v) is 5.65. The Balaban J connectivity index is 2.32. The Morgan fingerprint density at radius 3 is 2.89 bits per heavy atom. The molecule has 0 atom stereocenters. The first-order chi connectivity index (χ1) is 8.65. The summed E-state index contributed by atoms with van der Waals surface area (Å²) in [5.41, 5.74) is 0.428. The summed E-state index contributed by atoms with van der Waals surface area (Å²) < 4.78 is 13.3. The number of carbonyl (C=O) groups excluding carboxylic acids is 1. The highest BCUT2D eigenvalue weighted by molar-refractivity contribution is 9.10. The third-order valence-electron chi connectivity index (χ3n) is 2.15. The minimum atomic E-state index is -0.377. The number of hydrogen-bond donors (Lipinski definition) is 2. The Morgan fingerprint density at radius 1 is 1.44 bits per heavy atom. The molecule has 0 saturated carbocycles. The number of rotatable bonds is 7. The molecule has 0 aliphatic carbocycles. The van der Waals surface area contributed by atoms with Gasteiger partial charge in [-0.15, -0.1) is 0 Å². The van der Waals surface area contributed by atoms with E-state index in [0.29, 0.717) is 16.6 Å². The summed E-state index contributed by atoms with van der Waals surface area (Å²) in [5, 5.41) is 11.4. The van der Waals surface area contributed by atoms with Gasteiger partial charge < -0.3 is 10.4 Å². The number of nitrogens with one attached hydrogen (secondary N) is 1. The molecule has 1 aromatic rings. The van der Waals surface area contributed by atoms with E-state index >= 15 is 0 Å². The van der Waals surface area contributed by atoms with Crippen molar-refractivity contribution in [3.05, 3.63) is 34.1 Å². The van der Waals surface area contributed by atoms with Crippen LogP contribution in [0.4, 0.5) is 4.39 Å². The van der Waals surface area contributed by atoms with Crippen molar-refractivity contribution < 1.29 is 14.3 Å². The van der Waals surface area contributed by atoms with Crippen LogP contribution in [0.2, 0.25) is 0 Å². The summed E-state index contributed by atoms with van der Waals surface area (Å²) >= 11 is 4.83. The number of amides is 1. The molecule has 0 bridgehead atoms. The van der Waals surface area contributed by atoms with Crippen LogP contribution in [0.25, 0.3) is 0 Å². The number of thioether (sulfide) groups is 1. The highest BCUT2D eigenvalue weighted by Gasteiger charge is 2.09. The maximum absolute atomic E-state index is 12.9. The van der Waals surface area contributed by atoms with E-state index in [4.69, 9.17) is 5.11 Å². The molecule has 6 heteroatoms. The quantitative estimate of drug-likeness (QED) is 0.752. The van der Waals surface area contributed by atoms with Crippen molar-refractivity contribution in [2.24, 2.45) is 0 Å². The molecule has 0 unspecified atom stereocenters. The van der Waals surface area contributed by atoms with Crippen molar-refractivity contribution in [2.75, 3.05) is 24.7 Å². The number of aliphatic hydroxyl groups excluding tert-OH is 1. The molecule has 0 spiro atoms. The molecular weight excluding hydrogens is 321 g/mol. The van der Waals surface area contributed by atoms with Crippen molar-refractivity contribution in [3.8, 4) is 0 Å². The summed E-state index contributed by atoms with van der Waals surface area (Å²) in [6, 6.07) is 3.98. The Bertz CT molecular complexity index is 404. The van der Waals surface area contributed by atoms with E-state index in [9.17, 15) is 9.18 Å². The second-order valence-electron chi connectivity index (χ2n) is 3.57. The minimum Gasteiger partial charge on any atom is -0.396 e. The first kappa shape index (κ1) is 15.5. The lowest BCUT2D eigenvalue weighted by atomic mass is 10.2. The van der Waals surface area contributed by atoms with Crippen molar-refractivity contribution in [2.45, 2.75) is 6.42 Å². The summed E-state index contributed by atoms with van der Waals surface area (Å²) in [6.45, 7) is 0.751. The van der Waals surface area contributed by atoms with Crippen LogP contribution in [-0.4, -0.2) is 35.7 Å². The van der Waals surface area contributed by atoms with Gasteiger partial charge in [0.1, 0.15) is 5.82 Å². The van der Waals surface area contributed by atoms with Gasteiger partial charge in [-0.3, -0.25) is 4.79 Å². The standard InChI is InChI=1S/C12H15BrFNO2S/c13-11-8-9(14)2-3-10(11)12(17)15-4-7-18-6-1-5-16/h2-3,8,16H,1,4-7H2,(H,15,17). The first-order valence-electron chi connectivity index (χ1n) is 5.57. The van der Waals surface area contributed by atoms with Gasteiger partial charge in [-0.2, -0.15) is 11.8 Å². The average molecular weight is 336 g/mol. The molecule has 18 heavy (non-hydrogen) atoms. The van der Waals surface area contributed by atoms with E-state index < -0.39 is 0 Å². The van der Waals surface area contributed by atoms with Crippen LogP contribution < -0.4 is 5.32 Å². The molecule has 100 valence electrons. The fraction of sp³-hybridized carbons (Fsp3) is 0.417. The number of carbonyl (C=O) groups is 1. The average Bonchev–Trinajstić information content (AvgIpc) is 2.33. The smallest absolute Gasteiger partial charge is 0.252 e. The van der Waals surface area contributed by atoms with Gasteiger partial charge in [0.05, 0.1) is 5.56 Å². The molecule has 0 saturated heterocycles. The predicted octanol–water partition coefficient (Wildman–Crippen LogP) is 2.43. The highest BCUT2D eigenvalue weighted by Crippen LogP contribution is 2.17. The topological polar surface area (TPSA) is 49.3 Å². The minimum absolute atomic E-state index is 0.196. The van der Waals surface area contributed by atoms with Crippen LogP contribution in [0.15, 0.2) is 22.7 Å². The summed E-state index contributed by atoms with van der Waals surface area (Å²) in [4.78, 5) is 11.8. The zero-order valence-electron chi connectivity index (χ0n) is 9.79. The number of aliphatic hydroxyl groups is 1. The van der Waals surface area contributed by atoms with Gasteiger partial charge in [0.25, 0.3) is 5.91 Å². The van der Waals surface area contributed by atoms with E-state index in [1.807, 2.05) is 0 Å². The zero-order valence-corrected chi connectivity index (χ0v) is 12.2. The molecule has 1 amide bonds. The van der Waals surface area contributed by atoms with Crippen molar-refractivity contribution in [1.82, 2.24) is 5.32 Å². The van der Waals surface area contributed by atoms with Gasteiger partial charge in [-0.05, 0) is 46.3 Å². The number of halogens is 2. The van der Waals surface area contributed by atoms with Crippen LogP contribution >= 0.6 is 27.7 Å². The van der Waals surface area contributed by atoms with Crippen LogP contribution in [0.1, 0.15) is 16.8 Å². The van der Waals surface area contributed by atoms with Gasteiger partial charge in [0.15, 0.2) is 0 Å². The molecule has 1 aromatic carbocycles. The fourth-order valence-corrected chi connectivity index (χ4v) is 2.59. The third kappa shape index (κ3) is 5.37. The van der Waals surface area contributed by atoms with E-state index in [0.717, 1.165) is 17.9 Å². The van der Waals surface area contributed by atoms with Gasteiger partial charge in [0, 0.05) is 23.4 Å². The van der Waals surface area contributed by atoms with E-state index in [2.05, 4.69) is 21.2 Å². The lowest BCUT2D eigenvalue weighted by Crippen LogP contribution is -2.26. The fourth-order valence-electron chi connectivity index (χ4n) is 1.27. The zero-order chi connectivity index (χ0) is 13.4. The van der Waals surface area contributed by atoms with Crippen LogP contribution in [-0.2, 0) is 0 Å². The Kier molecular flexibility index (Phi) is 7.31. The summed E-state index contributed by atoms with van der Waals surface area (Å²) in [7, 11) is 0. The maximum Gasteiger partial charge on any atom is 0.252 e. The second kappa shape index (κ2) is 8.50. The SMILES string of the molecule is O=C(NCCSCCCO)c1ccc(F)cc1Br. The molecule has 3 nitrogen and oxygen atoms in total. The molecule has 0 aliphatic heterocycles. The van der Waals surface area contributed by atoms with E-state index in [1.165, 1.54) is 18.2 Å². The van der Waals surface area contributed by atoms with Crippen LogP contribution in [0, 0.1) is 5.82 Å². The monoisotopic (exact) mass is 335 g/mol. The third-order valence-corrected chi connectivity index (χ3v) is 3.88. The Labute approximate surface area is 118 Å². The molecule has 0 aromatic heterocycles. The molecule has 0 aliphatic rings. The molecule has 0 radical (unpaired) electrons. The van der Waals surface area contributed by atoms with Crippen molar-refractivity contribution >= 4 is 33.6 Å². The number of hydrogen-bond acceptors (Lipinski definition) is 3. The highest BCUT2D eigenvalue weighted by atomic mass is 79.9. The van der Waals surface area contributed by atoms with Gasteiger partial charge in [0.2, 0.25) is 0 Å². The van der Waals surface area contributed by atoms with E-state index in [-0.39, 0.29) is 18.3 Å². The Hall–Kier alpha value is -0.590. The normalized spacial score (nSPS) is 10.4. The summed E-state index contributed by atoms with van der Waals surface area (Å²) in [6.07, 6.45) is 0.766. The largest absolute Gasteiger partial charge is 0.396 e. The molecule has 0 fully saturated rings. The van der Waals surface area contributed by atoms with Gasteiger partial charge in [-0.1, -0.05) is 0 Å². The molecule has 2 N–H and O–H groups in total. The first-order valence-corrected chi connectivity index (χ1v) is 7.51. The lowest BCUT2D eigenvalue weighted by Gasteiger charge is -2.06. The molecular formula is C12H15BrFNO2S. The Morgan fingerprint density at radius 2 is 2.22 bits per heavy atom. The van der Waals surface area contributed by atoms with Crippen molar-refractivity contribution in [1.29, 1.82) is 0 Å². The van der Waals surface area contributed by atoms with Gasteiger partial charge in [-0.25, -0.2) is 4.39 Å². The predicted molar refractivity (Wildman–Crippen MR) is 75.5 cm³/mol. The van der Waals surface area contributed by atoms with Crippen LogP contribution in [0.5, 0.6) is 0 Å². The number of benzene rings is 1. The molecule has 1 rings (SSSR count). The van der Waals surface area contributed by atoms with Gasteiger partial charge >= 0.3 is 0 Å². The molecule has 0 heterocycles. The lowest BCUT2D eigenvalue weighted by molar-refractivity contribution is 0.0955. The van der Waals surface area contributed by atoms with Crippen molar-refractivity contribution in [3.63, 3.8) is 0 Å². The van der Waals surface area contributed by atoms with Crippen LogP contribution in [0.3, 0.4) is 0 Å². The summed E-state index contributed by atoms with van der Waals surface area (Å²) in [5.74, 6) is 1.08. The maximum atomic E-state index is 12.9. The van der Waals surface area contributed by atoms with E-state index in [1.54, 1.807) is 11.8 Å².